The van der Waals surface area contributed by atoms with Crippen LogP contribution in [0.1, 0.15) is 16.7 Å². The van der Waals surface area contributed by atoms with Gasteiger partial charge in [-0.1, -0.05) is 24.1 Å². The number of hydrogen-bond donors (Lipinski definition) is 1. The minimum atomic E-state index is 0.0681. The fraction of sp³-hybridized carbons (Fsp3) is 0.200. The maximum atomic E-state index is 9.99. The number of aromatic hydroxyl groups is 1. The first-order valence-electron chi connectivity index (χ1n) is 11.6. The molecule has 0 aliphatic heterocycles. The Balaban J connectivity index is 1.72. The number of phenolic OH excluding ortho intramolecular Hbond substituents is 1. The summed E-state index contributed by atoms with van der Waals surface area (Å²) in [5.41, 5.74) is 2.61. The predicted molar refractivity (Wildman–Crippen MR) is 145 cm³/mol. The summed E-state index contributed by atoms with van der Waals surface area (Å²) in [6.07, 6.45) is 16.7. The van der Waals surface area contributed by atoms with Crippen molar-refractivity contribution in [2.75, 3.05) is 19.8 Å². The smallest absolute Gasteiger partial charge is 0.148 e. The molecule has 0 atom stereocenters. The summed E-state index contributed by atoms with van der Waals surface area (Å²) in [6.45, 7) is 0.857. The predicted octanol–water partition coefficient (Wildman–Crippen LogP) is 3.72. The number of rotatable bonds is 13. The van der Waals surface area contributed by atoms with Gasteiger partial charge in [0.25, 0.3) is 0 Å². The summed E-state index contributed by atoms with van der Waals surface area (Å²) in [7, 11) is 2.05. The molecule has 3 aromatic carbocycles. The van der Waals surface area contributed by atoms with Crippen LogP contribution >= 0.6 is 0 Å². The van der Waals surface area contributed by atoms with Crippen molar-refractivity contribution in [2.24, 2.45) is 0 Å². The molecule has 3 rings (SSSR count). The molecule has 0 aliphatic rings. The standard InChI is InChI=1S/C30H27BO6/c1-4-7-33-26-13-23(10-25(32)16-26)20-36-29-11-22(19-31)12-30(18-29)37-21-24-14-27(34-8-5-2)17-28(15-24)35-9-6-3/h1-3,10-18,32H,7-9,19-21,31H2. The van der Waals surface area contributed by atoms with E-state index in [4.69, 9.17) is 43.0 Å². The maximum absolute atomic E-state index is 9.99. The molecule has 37 heavy (non-hydrogen) atoms. The van der Waals surface area contributed by atoms with Crippen molar-refractivity contribution in [1.82, 2.24) is 0 Å². The molecule has 1 N–H and O–H groups in total. The molecule has 0 saturated carbocycles. The highest BCUT2D eigenvalue weighted by atomic mass is 16.5. The molecular weight excluding hydrogens is 467 g/mol. The Bertz CT molecular complexity index is 1290. The zero-order chi connectivity index (χ0) is 26.5. The summed E-state index contributed by atoms with van der Waals surface area (Å²) < 4.78 is 28.6. The molecule has 186 valence electrons. The normalized spacial score (nSPS) is 9.86. The molecular formula is C30H27BO6. The van der Waals surface area contributed by atoms with E-state index < -0.39 is 0 Å². The van der Waals surface area contributed by atoms with Gasteiger partial charge in [0.1, 0.15) is 75.4 Å². The van der Waals surface area contributed by atoms with Crippen molar-refractivity contribution in [3.8, 4) is 71.5 Å². The van der Waals surface area contributed by atoms with Crippen molar-refractivity contribution in [1.29, 1.82) is 0 Å². The Kier molecular flexibility index (Phi) is 10.1. The quantitative estimate of drug-likeness (QED) is 0.289. The highest BCUT2D eigenvalue weighted by Crippen LogP contribution is 2.28. The van der Waals surface area contributed by atoms with Crippen LogP contribution in [-0.4, -0.2) is 32.8 Å². The average Bonchev–Trinajstić information content (AvgIpc) is 2.91. The third-order valence-electron chi connectivity index (χ3n) is 5.02. The summed E-state index contributed by atoms with van der Waals surface area (Å²) in [5.74, 6) is 10.2. The van der Waals surface area contributed by atoms with E-state index in [1.165, 1.54) is 6.07 Å². The molecule has 3 aromatic rings. The summed E-state index contributed by atoms with van der Waals surface area (Å²) in [5, 5.41) is 9.99. The van der Waals surface area contributed by atoms with Crippen LogP contribution in [0.4, 0.5) is 0 Å². The zero-order valence-electron chi connectivity index (χ0n) is 20.7. The molecule has 6 nitrogen and oxygen atoms in total. The van der Waals surface area contributed by atoms with Gasteiger partial charge in [-0.25, -0.2) is 0 Å². The molecule has 0 spiro atoms. The summed E-state index contributed by atoms with van der Waals surface area (Å²) >= 11 is 0. The SMILES string of the molecule is BCc1cc(OCc2cc(O)cc(OCC#C)c2)cc(OCc2cc(OCC#C)cc(OCC#C)c2)c1. The molecule has 0 unspecified atom stereocenters. The van der Waals surface area contributed by atoms with Gasteiger partial charge in [-0.15, -0.1) is 19.3 Å². The van der Waals surface area contributed by atoms with Gasteiger partial charge in [0.15, 0.2) is 0 Å². The fourth-order valence-corrected chi connectivity index (χ4v) is 3.40. The molecule has 0 amide bonds. The summed E-state index contributed by atoms with van der Waals surface area (Å²) in [6, 6.07) is 16.0. The third-order valence-corrected chi connectivity index (χ3v) is 5.02. The largest absolute Gasteiger partial charge is 0.508 e. The van der Waals surface area contributed by atoms with E-state index in [0.29, 0.717) is 28.7 Å². The monoisotopic (exact) mass is 494 g/mol. The van der Waals surface area contributed by atoms with Gasteiger partial charge >= 0.3 is 0 Å². The first-order valence-corrected chi connectivity index (χ1v) is 11.6. The second-order valence-electron chi connectivity index (χ2n) is 7.87. The van der Waals surface area contributed by atoms with Crippen molar-refractivity contribution in [3.63, 3.8) is 0 Å². The highest BCUT2D eigenvalue weighted by molar-refractivity contribution is 6.08. The molecule has 7 heteroatoms. The van der Waals surface area contributed by atoms with E-state index in [0.717, 1.165) is 23.0 Å². The number of hydrogen-bond acceptors (Lipinski definition) is 6. The Labute approximate surface area is 218 Å². The lowest BCUT2D eigenvalue weighted by atomic mass is 9.97. The molecule has 0 aromatic heterocycles. The second-order valence-corrected chi connectivity index (χ2v) is 7.87. The lowest BCUT2D eigenvalue weighted by Gasteiger charge is -2.14. The number of phenols is 1. The van der Waals surface area contributed by atoms with E-state index in [9.17, 15) is 5.11 Å². The van der Waals surface area contributed by atoms with Crippen molar-refractivity contribution < 1.29 is 28.8 Å². The van der Waals surface area contributed by atoms with Gasteiger partial charge in [-0.05, 0) is 53.1 Å². The zero-order valence-corrected chi connectivity index (χ0v) is 20.7. The van der Waals surface area contributed by atoms with Crippen LogP contribution in [0.5, 0.6) is 34.5 Å². The van der Waals surface area contributed by atoms with Crippen molar-refractivity contribution in [2.45, 2.75) is 19.5 Å². The molecule has 0 radical (unpaired) electrons. The van der Waals surface area contributed by atoms with Gasteiger partial charge in [-0.3, -0.25) is 0 Å². The van der Waals surface area contributed by atoms with E-state index >= 15 is 0 Å². The van der Waals surface area contributed by atoms with Crippen LogP contribution in [-0.2, 0) is 19.5 Å². The van der Waals surface area contributed by atoms with Gasteiger partial charge in [-0.2, -0.15) is 0 Å². The number of ether oxygens (including phenoxy) is 5. The fourth-order valence-electron chi connectivity index (χ4n) is 3.40. The third kappa shape index (κ3) is 8.73. The first kappa shape index (κ1) is 26.8. The minimum absolute atomic E-state index is 0.0681. The van der Waals surface area contributed by atoms with E-state index in [2.05, 4.69) is 25.6 Å². The van der Waals surface area contributed by atoms with Crippen LogP contribution in [0.3, 0.4) is 0 Å². The molecule has 0 heterocycles. The Morgan fingerprint density at radius 2 is 0.919 bits per heavy atom. The molecule has 0 bridgehead atoms. The second kappa shape index (κ2) is 13.9. The van der Waals surface area contributed by atoms with E-state index in [1.807, 2.05) is 30.3 Å². The first-order chi connectivity index (χ1) is 18.0. The number of benzene rings is 3. The Morgan fingerprint density at radius 1 is 0.541 bits per heavy atom. The van der Waals surface area contributed by atoms with Gasteiger partial charge in [0, 0.05) is 18.2 Å². The van der Waals surface area contributed by atoms with E-state index in [-0.39, 0.29) is 38.8 Å². The van der Waals surface area contributed by atoms with Crippen LogP contribution in [0.25, 0.3) is 0 Å². The average molecular weight is 494 g/mol. The van der Waals surface area contributed by atoms with E-state index in [1.54, 1.807) is 18.2 Å². The summed E-state index contributed by atoms with van der Waals surface area (Å²) in [4.78, 5) is 0. The lowest BCUT2D eigenvalue weighted by Crippen LogP contribution is -2.02. The molecule has 0 saturated heterocycles. The van der Waals surface area contributed by atoms with Gasteiger partial charge in [0.2, 0.25) is 0 Å². The molecule has 0 fully saturated rings. The van der Waals surface area contributed by atoms with Crippen LogP contribution < -0.4 is 23.7 Å². The lowest BCUT2D eigenvalue weighted by molar-refractivity contribution is 0.287. The van der Waals surface area contributed by atoms with Gasteiger partial charge in [0.05, 0.1) is 0 Å². The Morgan fingerprint density at radius 3 is 1.35 bits per heavy atom. The van der Waals surface area contributed by atoms with Crippen molar-refractivity contribution >= 4 is 7.85 Å². The van der Waals surface area contributed by atoms with Crippen molar-refractivity contribution in [3.05, 3.63) is 71.3 Å². The topological polar surface area (TPSA) is 66.4 Å². The Hall–Kier alpha value is -4.80. The van der Waals surface area contributed by atoms with Crippen LogP contribution in [0, 0.1) is 37.0 Å². The number of terminal acetylenes is 3. The maximum Gasteiger partial charge on any atom is 0.148 e. The minimum Gasteiger partial charge on any atom is -0.508 e. The van der Waals surface area contributed by atoms with Gasteiger partial charge < -0.3 is 28.8 Å². The highest BCUT2D eigenvalue weighted by Gasteiger charge is 2.08. The van der Waals surface area contributed by atoms with Crippen LogP contribution in [0.2, 0.25) is 0 Å². The van der Waals surface area contributed by atoms with Crippen LogP contribution in [0.15, 0.2) is 54.6 Å². The molecule has 0 aliphatic carbocycles.